The van der Waals surface area contributed by atoms with Gasteiger partial charge in [0.1, 0.15) is 0 Å². The van der Waals surface area contributed by atoms with Crippen molar-refractivity contribution in [3.05, 3.63) is 29.8 Å². The number of hydrogen-bond acceptors (Lipinski definition) is 2. The van der Waals surface area contributed by atoms with Gasteiger partial charge in [-0.2, -0.15) is 0 Å². The highest BCUT2D eigenvalue weighted by atomic mass is 127. The normalized spacial score (nSPS) is 19.8. The maximum Gasteiger partial charge on any atom is 0.241 e. The molecule has 1 aromatic rings. The molecular weight excluding hydrogens is 279 g/mol. The van der Waals surface area contributed by atoms with E-state index in [1.54, 1.807) is 0 Å². The van der Waals surface area contributed by atoms with E-state index in [0.29, 0.717) is 6.42 Å². The Labute approximate surface area is 93.7 Å². The van der Waals surface area contributed by atoms with Crippen LogP contribution in [0.15, 0.2) is 24.3 Å². The van der Waals surface area contributed by atoms with Crippen LogP contribution in [0.4, 0.5) is 5.69 Å². The quantitative estimate of drug-likeness (QED) is 0.519. The van der Waals surface area contributed by atoms with E-state index in [0.717, 1.165) is 11.3 Å². The smallest absolute Gasteiger partial charge is 0.241 e. The van der Waals surface area contributed by atoms with E-state index >= 15 is 0 Å². The fraction of sp³-hybridized carbons (Fsp3) is 0.222. The molecule has 1 atom stereocenters. The van der Waals surface area contributed by atoms with E-state index in [-0.39, 0.29) is 35.9 Å². The molecular formula is C9H10IN2O-. The minimum absolute atomic E-state index is 0. The number of para-hydroxylation sites is 1. The van der Waals surface area contributed by atoms with Gasteiger partial charge < -0.3 is 35.0 Å². The Hall–Kier alpha value is -0.620. The van der Waals surface area contributed by atoms with Crippen molar-refractivity contribution >= 4 is 11.6 Å². The fourth-order valence-electron chi connectivity index (χ4n) is 1.38. The monoisotopic (exact) mass is 289 g/mol. The molecule has 3 nitrogen and oxygen atoms in total. The van der Waals surface area contributed by atoms with Crippen molar-refractivity contribution in [1.29, 1.82) is 0 Å². The Kier molecular flexibility index (Phi) is 3.27. The number of amides is 1. The lowest BCUT2D eigenvalue weighted by atomic mass is 10.00. The van der Waals surface area contributed by atoms with Crippen LogP contribution in [0.25, 0.3) is 0 Å². The molecule has 1 amide bonds. The number of rotatable bonds is 0. The third-order valence-corrected chi connectivity index (χ3v) is 2.05. The van der Waals surface area contributed by atoms with Gasteiger partial charge in [-0.1, -0.05) is 18.2 Å². The van der Waals surface area contributed by atoms with Gasteiger partial charge in [0.2, 0.25) is 5.91 Å². The molecule has 1 aliphatic heterocycles. The third-order valence-electron chi connectivity index (χ3n) is 2.05. The second kappa shape index (κ2) is 4.06. The molecule has 1 unspecified atom stereocenters. The molecule has 1 heterocycles. The first-order valence-corrected chi connectivity index (χ1v) is 3.92. The van der Waals surface area contributed by atoms with E-state index in [1.807, 2.05) is 24.3 Å². The topological polar surface area (TPSA) is 55.1 Å². The molecule has 0 aromatic heterocycles. The number of carbonyl (C=O) groups is 1. The number of hydrogen-bond donors (Lipinski definition) is 2. The summed E-state index contributed by atoms with van der Waals surface area (Å²) < 4.78 is 0. The van der Waals surface area contributed by atoms with Crippen molar-refractivity contribution in [2.24, 2.45) is 5.73 Å². The Morgan fingerprint density at radius 2 is 2.08 bits per heavy atom. The van der Waals surface area contributed by atoms with E-state index in [2.05, 4.69) is 5.32 Å². The highest BCUT2D eigenvalue weighted by molar-refractivity contribution is 5.97. The Bertz CT molecular complexity index is 327. The average molecular weight is 289 g/mol. The van der Waals surface area contributed by atoms with Crippen LogP contribution in [-0.2, 0) is 11.2 Å². The van der Waals surface area contributed by atoms with Crippen molar-refractivity contribution in [3.63, 3.8) is 0 Å². The summed E-state index contributed by atoms with van der Waals surface area (Å²) in [5.41, 5.74) is 7.59. The summed E-state index contributed by atoms with van der Waals surface area (Å²) in [6.07, 6.45) is 0.641. The first-order chi connectivity index (χ1) is 5.77. The summed E-state index contributed by atoms with van der Waals surface area (Å²) in [5, 5.41) is 2.75. The van der Waals surface area contributed by atoms with Crippen molar-refractivity contribution < 1.29 is 28.8 Å². The van der Waals surface area contributed by atoms with Crippen LogP contribution >= 0.6 is 0 Å². The second-order valence-corrected chi connectivity index (χ2v) is 2.96. The van der Waals surface area contributed by atoms with E-state index in [1.165, 1.54) is 0 Å². The number of benzene rings is 1. The highest BCUT2D eigenvalue weighted by Gasteiger charge is 2.21. The molecule has 70 valence electrons. The molecule has 2 rings (SSSR count). The van der Waals surface area contributed by atoms with Crippen LogP contribution in [0.5, 0.6) is 0 Å². The molecule has 0 bridgehead atoms. The first kappa shape index (κ1) is 10.5. The van der Waals surface area contributed by atoms with Gasteiger partial charge in [0.05, 0.1) is 6.04 Å². The van der Waals surface area contributed by atoms with Gasteiger partial charge in [0, 0.05) is 5.69 Å². The van der Waals surface area contributed by atoms with Gasteiger partial charge in [-0.25, -0.2) is 0 Å². The molecule has 4 heteroatoms. The van der Waals surface area contributed by atoms with Gasteiger partial charge in [-0.3, -0.25) is 4.79 Å². The highest BCUT2D eigenvalue weighted by Crippen LogP contribution is 2.20. The number of carbonyl (C=O) groups excluding carboxylic acids is 1. The summed E-state index contributed by atoms with van der Waals surface area (Å²) in [5.74, 6) is -0.0892. The Balaban J connectivity index is 0.000000845. The van der Waals surface area contributed by atoms with Gasteiger partial charge in [-0.05, 0) is 18.1 Å². The van der Waals surface area contributed by atoms with Crippen LogP contribution < -0.4 is 35.0 Å². The summed E-state index contributed by atoms with van der Waals surface area (Å²) >= 11 is 0. The van der Waals surface area contributed by atoms with Crippen LogP contribution in [0.2, 0.25) is 0 Å². The summed E-state index contributed by atoms with van der Waals surface area (Å²) in [4.78, 5) is 11.1. The SMILES string of the molecule is NC1Cc2ccccc2NC1=O.[I-]. The van der Waals surface area contributed by atoms with Crippen LogP contribution in [0.1, 0.15) is 5.56 Å². The van der Waals surface area contributed by atoms with Crippen molar-refractivity contribution in [1.82, 2.24) is 0 Å². The minimum Gasteiger partial charge on any atom is -1.00 e. The number of anilines is 1. The number of halogens is 1. The van der Waals surface area contributed by atoms with Crippen molar-refractivity contribution in [3.8, 4) is 0 Å². The molecule has 0 fully saturated rings. The zero-order chi connectivity index (χ0) is 8.55. The van der Waals surface area contributed by atoms with Crippen LogP contribution in [0.3, 0.4) is 0 Å². The van der Waals surface area contributed by atoms with Gasteiger partial charge in [0.15, 0.2) is 0 Å². The van der Waals surface area contributed by atoms with Crippen molar-refractivity contribution in [2.75, 3.05) is 5.32 Å². The van der Waals surface area contributed by atoms with Gasteiger partial charge >= 0.3 is 0 Å². The van der Waals surface area contributed by atoms with E-state index < -0.39 is 0 Å². The van der Waals surface area contributed by atoms with Crippen LogP contribution in [-0.4, -0.2) is 11.9 Å². The van der Waals surface area contributed by atoms with E-state index in [9.17, 15) is 4.79 Å². The van der Waals surface area contributed by atoms with Gasteiger partial charge in [0.25, 0.3) is 0 Å². The lowest BCUT2D eigenvalue weighted by Gasteiger charge is -2.21. The minimum atomic E-state index is -0.389. The molecule has 13 heavy (non-hydrogen) atoms. The molecule has 1 aromatic carbocycles. The third kappa shape index (κ3) is 2.00. The van der Waals surface area contributed by atoms with Crippen LogP contribution in [0, 0.1) is 0 Å². The Morgan fingerprint density at radius 1 is 1.38 bits per heavy atom. The average Bonchev–Trinajstić information content (AvgIpc) is 2.07. The molecule has 0 spiro atoms. The van der Waals surface area contributed by atoms with Crippen molar-refractivity contribution in [2.45, 2.75) is 12.5 Å². The van der Waals surface area contributed by atoms with E-state index in [4.69, 9.17) is 5.73 Å². The van der Waals surface area contributed by atoms with Gasteiger partial charge in [-0.15, -0.1) is 0 Å². The molecule has 0 aliphatic carbocycles. The zero-order valence-electron chi connectivity index (χ0n) is 6.96. The summed E-state index contributed by atoms with van der Waals surface area (Å²) in [6, 6.07) is 7.33. The first-order valence-electron chi connectivity index (χ1n) is 3.92. The lowest BCUT2D eigenvalue weighted by molar-refractivity contribution is -0.117. The molecule has 3 N–H and O–H groups in total. The molecule has 1 aliphatic rings. The predicted octanol–water partition coefficient (Wildman–Crippen LogP) is -2.49. The maximum atomic E-state index is 11.1. The maximum absolute atomic E-state index is 11.1. The second-order valence-electron chi connectivity index (χ2n) is 2.96. The Morgan fingerprint density at radius 3 is 2.85 bits per heavy atom. The summed E-state index contributed by atoms with van der Waals surface area (Å²) in [7, 11) is 0. The standard InChI is InChI=1S/C9H10N2O.HI/c10-7-5-6-3-1-2-4-8(6)11-9(7)12;/h1-4,7H,5,10H2,(H,11,12);1H/p-1. The number of nitrogens with two attached hydrogens (primary N) is 1. The fourth-order valence-corrected chi connectivity index (χ4v) is 1.38. The summed E-state index contributed by atoms with van der Waals surface area (Å²) in [6.45, 7) is 0. The largest absolute Gasteiger partial charge is 1.00 e. The lowest BCUT2D eigenvalue weighted by Crippen LogP contribution is -3.00. The number of nitrogens with one attached hydrogen (secondary N) is 1. The zero-order valence-corrected chi connectivity index (χ0v) is 9.11. The molecule has 0 saturated carbocycles. The molecule has 0 radical (unpaired) electrons. The number of fused-ring (bicyclic) bond motifs is 1. The predicted molar refractivity (Wildman–Crippen MR) is 46.8 cm³/mol. The molecule has 0 saturated heterocycles.